The molecule has 1 rings (SSSR count). The second-order valence-corrected chi connectivity index (χ2v) is 3.57. The molecular weight excluding hydrogens is 163 g/mol. The van der Waals surface area contributed by atoms with Crippen molar-refractivity contribution in [1.82, 2.24) is 0 Å². The highest BCUT2D eigenvalue weighted by atomic mass is 19.1. The average Bonchev–Trinajstić information content (AvgIpc) is 2.03. The highest BCUT2D eigenvalue weighted by Crippen LogP contribution is 2.18. The zero-order valence-electron chi connectivity index (χ0n) is 8.34. The summed E-state index contributed by atoms with van der Waals surface area (Å²) in [4.78, 5) is 0. The zero-order valence-corrected chi connectivity index (χ0v) is 8.34. The van der Waals surface area contributed by atoms with E-state index in [9.17, 15) is 4.39 Å². The third kappa shape index (κ3) is 2.69. The van der Waals surface area contributed by atoms with E-state index in [1.165, 1.54) is 6.07 Å². The summed E-state index contributed by atoms with van der Waals surface area (Å²) in [6, 6.07) is 6.87. The van der Waals surface area contributed by atoms with Gasteiger partial charge in [-0.3, -0.25) is 0 Å². The number of halogens is 1. The van der Waals surface area contributed by atoms with Crippen LogP contribution in [0.2, 0.25) is 0 Å². The third-order valence-electron chi connectivity index (χ3n) is 1.88. The molecular formula is C12H15F. The van der Waals surface area contributed by atoms with Gasteiger partial charge in [-0.2, -0.15) is 0 Å². The van der Waals surface area contributed by atoms with Crippen LogP contribution in [-0.4, -0.2) is 0 Å². The summed E-state index contributed by atoms with van der Waals surface area (Å²) < 4.78 is 13.2. The maximum atomic E-state index is 13.2. The minimum absolute atomic E-state index is 0.142. The lowest BCUT2D eigenvalue weighted by atomic mass is 10.0. The lowest BCUT2D eigenvalue weighted by Crippen LogP contribution is -1.88. The maximum Gasteiger partial charge on any atom is 0.130 e. The first-order chi connectivity index (χ1) is 6.11. The Morgan fingerprint density at radius 2 is 1.92 bits per heavy atom. The first-order valence-corrected chi connectivity index (χ1v) is 4.54. The Morgan fingerprint density at radius 3 is 2.46 bits per heavy atom. The van der Waals surface area contributed by atoms with Gasteiger partial charge < -0.3 is 0 Å². The number of hydrogen-bond donors (Lipinski definition) is 0. The summed E-state index contributed by atoms with van der Waals surface area (Å²) in [5.41, 5.74) is 1.71. The Balaban J connectivity index is 3.02. The fraction of sp³-hybridized carbons (Fsp3) is 0.333. The van der Waals surface area contributed by atoms with Crippen LogP contribution in [0.25, 0.3) is 5.57 Å². The Kier molecular flexibility index (Phi) is 3.24. The van der Waals surface area contributed by atoms with Crippen molar-refractivity contribution in [2.24, 2.45) is 5.92 Å². The Bertz CT molecular complexity index is 311. The summed E-state index contributed by atoms with van der Waals surface area (Å²) in [6.45, 7) is 6.12. The number of rotatable bonds is 2. The van der Waals surface area contributed by atoms with Crippen LogP contribution in [0, 0.1) is 11.7 Å². The van der Waals surface area contributed by atoms with Crippen molar-refractivity contribution in [3.8, 4) is 0 Å². The minimum Gasteiger partial charge on any atom is -0.206 e. The summed E-state index contributed by atoms with van der Waals surface area (Å²) in [5, 5.41) is 0. The molecule has 0 heterocycles. The molecule has 0 radical (unpaired) electrons. The first-order valence-electron chi connectivity index (χ1n) is 4.54. The predicted molar refractivity (Wildman–Crippen MR) is 54.9 cm³/mol. The smallest absolute Gasteiger partial charge is 0.130 e. The van der Waals surface area contributed by atoms with Crippen molar-refractivity contribution in [3.63, 3.8) is 0 Å². The van der Waals surface area contributed by atoms with Gasteiger partial charge in [0.15, 0.2) is 0 Å². The van der Waals surface area contributed by atoms with Crippen LogP contribution in [0.1, 0.15) is 26.3 Å². The molecule has 0 saturated heterocycles. The lowest BCUT2D eigenvalue weighted by Gasteiger charge is -2.04. The molecule has 0 spiro atoms. The molecule has 0 fully saturated rings. The molecule has 0 bridgehead atoms. The van der Waals surface area contributed by atoms with Crippen molar-refractivity contribution >= 4 is 5.57 Å². The van der Waals surface area contributed by atoms with Crippen LogP contribution < -0.4 is 0 Å². The SMILES string of the molecule is C/C(=C/C(C)C)c1ccccc1F. The van der Waals surface area contributed by atoms with E-state index in [1.54, 1.807) is 6.07 Å². The minimum atomic E-state index is -0.142. The standard InChI is InChI=1S/C12H15F/c1-9(2)8-10(3)11-6-4-5-7-12(11)13/h4-9H,1-3H3/b10-8-. The van der Waals surface area contributed by atoms with Crippen molar-refractivity contribution in [2.45, 2.75) is 20.8 Å². The van der Waals surface area contributed by atoms with E-state index in [2.05, 4.69) is 19.9 Å². The fourth-order valence-corrected chi connectivity index (χ4v) is 1.37. The van der Waals surface area contributed by atoms with E-state index in [4.69, 9.17) is 0 Å². The van der Waals surface area contributed by atoms with Gasteiger partial charge in [0.1, 0.15) is 5.82 Å². The van der Waals surface area contributed by atoms with Crippen molar-refractivity contribution in [3.05, 3.63) is 41.7 Å². The van der Waals surface area contributed by atoms with Crippen LogP contribution >= 0.6 is 0 Å². The topological polar surface area (TPSA) is 0 Å². The van der Waals surface area contributed by atoms with E-state index in [1.807, 2.05) is 19.1 Å². The first kappa shape index (κ1) is 9.97. The predicted octanol–water partition coefficient (Wildman–Crippen LogP) is 3.89. The van der Waals surface area contributed by atoms with E-state index >= 15 is 0 Å². The average molecular weight is 178 g/mol. The normalized spacial score (nSPS) is 12.2. The number of allylic oxidation sites excluding steroid dienone is 2. The zero-order chi connectivity index (χ0) is 9.84. The molecule has 0 atom stereocenters. The molecule has 13 heavy (non-hydrogen) atoms. The third-order valence-corrected chi connectivity index (χ3v) is 1.88. The van der Waals surface area contributed by atoms with Gasteiger partial charge >= 0.3 is 0 Å². The van der Waals surface area contributed by atoms with Crippen LogP contribution in [0.5, 0.6) is 0 Å². The van der Waals surface area contributed by atoms with Gasteiger partial charge in [0.05, 0.1) is 0 Å². The highest BCUT2D eigenvalue weighted by Gasteiger charge is 2.02. The molecule has 0 nitrogen and oxygen atoms in total. The quantitative estimate of drug-likeness (QED) is 0.644. The molecule has 0 aliphatic rings. The van der Waals surface area contributed by atoms with E-state index in [-0.39, 0.29) is 5.82 Å². The summed E-state index contributed by atoms with van der Waals surface area (Å²) in [7, 11) is 0. The van der Waals surface area contributed by atoms with Gasteiger partial charge in [0, 0.05) is 5.56 Å². The number of hydrogen-bond acceptors (Lipinski definition) is 0. The second kappa shape index (κ2) is 4.22. The summed E-state index contributed by atoms with van der Waals surface area (Å²) in [5.74, 6) is 0.316. The largest absolute Gasteiger partial charge is 0.206 e. The van der Waals surface area contributed by atoms with Gasteiger partial charge in [0.2, 0.25) is 0 Å². The van der Waals surface area contributed by atoms with E-state index < -0.39 is 0 Å². The molecule has 0 aliphatic heterocycles. The molecule has 0 amide bonds. The van der Waals surface area contributed by atoms with Gasteiger partial charge in [-0.05, 0) is 24.5 Å². The molecule has 0 N–H and O–H groups in total. The highest BCUT2D eigenvalue weighted by molar-refractivity contribution is 5.64. The van der Waals surface area contributed by atoms with Crippen molar-refractivity contribution in [1.29, 1.82) is 0 Å². The second-order valence-electron chi connectivity index (χ2n) is 3.57. The van der Waals surface area contributed by atoms with Crippen molar-refractivity contribution in [2.75, 3.05) is 0 Å². The Morgan fingerprint density at radius 1 is 1.31 bits per heavy atom. The molecule has 0 aromatic heterocycles. The molecule has 0 aliphatic carbocycles. The molecule has 1 aromatic carbocycles. The maximum absolute atomic E-state index is 13.2. The molecule has 70 valence electrons. The molecule has 1 heteroatoms. The Labute approximate surface area is 79.1 Å². The van der Waals surface area contributed by atoms with Crippen LogP contribution in [0.3, 0.4) is 0 Å². The summed E-state index contributed by atoms with van der Waals surface area (Å²) >= 11 is 0. The van der Waals surface area contributed by atoms with Crippen LogP contribution in [0.4, 0.5) is 4.39 Å². The van der Waals surface area contributed by atoms with Gasteiger partial charge in [-0.25, -0.2) is 4.39 Å². The van der Waals surface area contributed by atoms with Crippen LogP contribution in [0.15, 0.2) is 30.3 Å². The van der Waals surface area contributed by atoms with E-state index in [0.29, 0.717) is 11.5 Å². The lowest BCUT2D eigenvalue weighted by molar-refractivity contribution is 0.623. The summed E-state index contributed by atoms with van der Waals surface area (Å²) in [6.07, 6.45) is 2.07. The van der Waals surface area contributed by atoms with Crippen molar-refractivity contribution < 1.29 is 4.39 Å². The molecule has 1 aromatic rings. The monoisotopic (exact) mass is 178 g/mol. The van der Waals surface area contributed by atoms with Gasteiger partial charge in [0.25, 0.3) is 0 Å². The molecule has 0 unspecified atom stereocenters. The molecule has 0 saturated carbocycles. The Hall–Kier alpha value is -1.11. The van der Waals surface area contributed by atoms with Crippen LogP contribution in [-0.2, 0) is 0 Å². The van der Waals surface area contributed by atoms with Gasteiger partial charge in [-0.1, -0.05) is 38.1 Å². The van der Waals surface area contributed by atoms with E-state index in [0.717, 1.165) is 5.57 Å². The van der Waals surface area contributed by atoms with Gasteiger partial charge in [-0.15, -0.1) is 0 Å². The fourth-order valence-electron chi connectivity index (χ4n) is 1.37. The number of benzene rings is 1.